The topological polar surface area (TPSA) is 96.6 Å². The maximum absolute atomic E-state index is 12.3. The van der Waals surface area contributed by atoms with E-state index in [1.165, 1.54) is 38.5 Å². The van der Waals surface area contributed by atoms with E-state index in [0.717, 1.165) is 25.9 Å². The molecule has 4 saturated carbocycles. The molecule has 0 aromatic rings. The zero-order valence-electron chi connectivity index (χ0n) is 22.7. The third kappa shape index (κ3) is 4.92. The van der Waals surface area contributed by atoms with Gasteiger partial charge in [-0.1, -0.05) is 32.5 Å². The number of ketones is 1. The van der Waals surface area contributed by atoms with Crippen molar-refractivity contribution in [3.8, 4) is 0 Å². The molecule has 0 heterocycles. The maximum Gasteiger partial charge on any atom is 0.157 e. The van der Waals surface area contributed by atoms with Crippen molar-refractivity contribution in [3.63, 3.8) is 0 Å². The number of nitroso groups, excluding NO2 is 1. The Hall–Kier alpha value is -1.11. The van der Waals surface area contributed by atoms with Gasteiger partial charge in [0.2, 0.25) is 0 Å². The lowest BCUT2D eigenvalue weighted by Crippen LogP contribution is -2.59. The minimum atomic E-state index is -0.0392. The molecule has 4 aliphatic rings. The average Bonchev–Trinajstić information content (AvgIpc) is 3.19. The van der Waals surface area contributed by atoms with Crippen LogP contribution in [0.15, 0.2) is 17.3 Å². The molecule has 0 aromatic carbocycles. The van der Waals surface area contributed by atoms with Crippen LogP contribution in [-0.4, -0.2) is 31.2 Å². The van der Waals surface area contributed by atoms with Gasteiger partial charge in [-0.3, -0.25) is 10.1 Å². The quantitative estimate of drug-likeness (QED) is 0.167. The van der Waals surface area contributed by atoms with Crippen molar-refractivity contribution in [3.05, 3.63) is 17.1 Å². The summed E-state index contributed by atoms with van der Waals surface area (Å²) in [4.78, 5) is 24.5. The number of carbonyl (C=O) groups is 1. The van der Waals surface area contributed by atoms with Crippen molar-refractivity contribution in [2.24, 2.45) is 57.2 Å². The van der Waals surface area contributed by atoms with Crippen LogP contribution >= 0.6 is 0 Å². The first-order valence-corrected chi connectivity index (χ1v) is 14.3. The lowest BCUT2D eigenvalue weighted by molar-refractivity contribution is -0.126. The summed E-state index contributed by atoms with van der Waals surface area (Å²) in [6.07, 6.45) is 11.1. The molecule has 0 aliphatic heterocycles. The van der Waals surface area contributed by atoms with Crippen molar-refractivity contribution in [1.82, 2.24) is 10.6 Å². The molecule has 4 N–H and O–H groups in total. The smallest absolute Gasteiger partial charge is 0.157 e. The van der Waals surface area contributed by atoms with E-state index in [-0.39, 0.29) is 17.2 Å². The van der Waals surface area contributed by atoms with Gasteiger partial charge in [0.05, 0.1) is 6.04 Å². The highest BCUT2D eigenvalue weighted by Crippen LogP contribution is 2.68. The van der Waals surface area contributed by atoms with Crippen molar-refractivity contribution in [2.45, 2.75) is 104 Å². The standard InChI is InChI=1S/C29H50N4O2/c1-18(2)26(34)9-6-19(3)22-7-8-23-27-24(11-13-29(22,23)5)28(4)12-10-21(32-17-31-16-30)14-20(28)15-25(27)33-35/h19-25,27,31-32H,1,6-17,30H2,2-5H3/t19?,20-,21+,22-,23?,24?,25-,27?,28+,29-/m1/s1. The minimum absolute atomic E-state index is 0.0392. The summed E-state index contributed by atoms with van der Waals surface area (Å²) in [5, 5.41) is 10.7. The van der Waals surface area contributed by atoms with Gasteiger partial charge in [0, 0.05) is 25.8 Å². The van der Waals surface area contributed by atoms with E-state index >= 15 is 0 Å². The van der Waals surface area contributed by atoms with Gasteiger partial charge in [-0.25, -0.2) is 0 Å². The summed E-state index contributed by atoms with van der Waals surface area (Å²) in [5.41, 5.74) is 6.86. The second-order valence-corrected chi connectivity index (χ2v) is 13.2. The molecule has 0 amide bonds. The molecule has 0 aromatic heterocycles. The molecule has 6 heteroatoms. The van der Waals surface area contributed by atoms with Crippen molar-refractivity contribution in [2.75, 3.05) is 13.3 Å². The predicted octanol–water partition coefficient (Wildman–Crippen LogP) is 5.37. The van der Waals surface area contributed by atoms with E-state index in [1.807, 2.05) is 6.92 Å². The van der Waals surface area contributed by atoms with Crippen LogP contribution in [0, 0.1) is 51.2 Å². The highest BCUT2D eigenvalue weighted by atomic mass is 16.3. The van der Waals surface area contributed by atoms with Crippen LogP contribution in [0.4, 0.5) is 0 Å². The van der Waals surface area contributed by atoms with Gasteiger partial charge in [0.25, 0.3) is 0 Å². The molecule has 0 bridgehead atoms. The van der Waals surface area contributed by atoms with Crippen LogP contribution in [0.3, 0.4) is 0 Å². The second-order valence-electron chi connectivity index (χ2n) is 13.2. The van der Waals surface area contributed by atoms with Crippen molar-refractivity contribution < 1.29 is 4.79 Å². The SMILES string of the molecule is C=C(C)C(=O)CCC(C)[C@H]1CCC2C3C(CC[C@@]21C)[C@@]1(C)CC[C@H](NCNCN)C[C@@H]1C[C@H]3N=O. The predicted molar refractivity (Wildman–Crippen MR) is 142 cm³/mol. The van der Waals surface area contributed by atoms with Crippen LogP contribution in [-0.2, 0) is 4.79 Å². The van der Waals surface area contributed by atoms with E-state index in [4.69, 9.17) is 5.73 Å². The Morgan fingerprint density at radius 1 is 1.11 bits per heavy atom. The van der Waals surface area contributed by atoms with Gasteiger partial charge in [0.15, 0.2) is 5.78 Å². The number of Topliss-reactive ketones (excluding diaryl/α,β-unsaturated/α-hetero) is 1. The molecule has 0 spiro atoms. The summed E-state index contributed by atoms with van der Waals surface area (Å²) < 4.78 is 0. The molecule has 4 aliphatic carbocycles. The number of hydrogen-bond donors (Lipinski definition) is 3. The van der Waals surface area contributed by atoms with Crippen LogP contribution in [0.2, 0.25) is 0 Å². The van der Waals surface area contributed by atoms with E-state index in [0.29, 0.717) is 65.6 Å². The molecule has 6 nitrogen and oxygen atoms in total. The van der Waals surface area contributed by atoms with Crippen LogP contribution in [0.5, 0.6) is 0 Å². The molecule has 4 unspecified atom stereocenters. The number of nitrogens with zero attached hydrogens (tertiary/aromatic N) is 1. The molecule has 4 fully saturated rings. The van der Waals surface area contributed by atoms with E-state index in [2.05, 4.69) is 43.2 Å². The summed E-state index contributed by atoms with van der Waals surface area (Å²) in [6.45, 7) is 14.3. The Bertz CT molecular complexity index is 802. The molecule has 10 atom stereocenters. The molecule has 0 radical (unpaired) electrons. The highest BCUT2D eigenvalue weighted by molar-refractivity contribution is 5.94. The van der Waals surface area contributed by atoms with E-state index in [1.54, 1.807) is 0 Å². The summed E-state index contributed by atoms with van der Waals surface area (Å²) in [7, 11) is 0. The van der Waals surface area contributed by atoms with Crippen molar-refractivity contribution in [1.29, 1.82) is 0 Å². The maximum atomic E-state index is 12.3. The first-order valence-electron chi connectivity index (χ1n) is 14.3. The number of rotatable bonds is 10. The first kappa shape index (κ1) is 26.9. The molecule has 35 heavy (non-hydrogen) atoms. The number of nitrogens with two attached hydrogens (primary N) is 1. The van der Waals surface area contributed by atoms with Crippen molar-refractivity contribution >= 4 is 5.78 Å². The number of carbonyl (C=O) groups excluding carboxylic acids is 1. The zero-order chi connectivity index (χ0) is 25.4. The van der Waals surface area contributed by atoms with Gasteiger partial charge in [0.1, 0.15) is 0 Å². The summed E-state index contributed by atoms with van der Waals surface area (Å²) in [5.74, 6) is 3.59. The monoisotopic (exact) mass is 486 g/mol. The Labute approximate surface area is 213 Å². The summed E-state index contributed by atoms with van der Waals surface area (Å²) in [6, 6.07) is 0.464. The highest BCUT2D eigenvalue weighted by Gasteiger charge is 2.63. The fourth-order valence-corrected chi connectivity index (χ4v) is 9.56. The Kier molecular flexibility index (Phi) is 8.24. The largest absolute Gasteiger partial charge is 0.318 e. The van der Waals surface area contributed by atoms with Crippen LogP contribution in [0.1, 0.15) is 91.9 Å². The second kappa shape index (κ2) is 10.7. The molecular weight excluding hydrogens is 436 g/mol. The molecule has 198 valence electrons. The van der Waals surface area contributed by atoms with Gasteiger partial charge in [-0.05, 0) is 117 Å². The van der Waals surface area contributed by atoms with E-state index in [9.17, 15) is 9.70 Å². The fourth-order valence-electron chi connectivity index (χ4n) is 9.56. The summed E-state index contributed by atoms with van der Waals surface area (Å²) >= 11 is 0. The number of hydrogen-bond acceptors (Lipinski definition) is 6. The third-order valence-electron chi connectivity index (χ3n) is 11.5. The van der Waals surface area contributed by atoms with Gasteiger partial charge in [-0.2, -0.15) is 4.91 Å². The van der Waals surface area contributed by atoms with Crippen LogP contribution in [0.25, 0.3) is 0 Å². The Morgan fingerprint density at radius 2 is 1.83 bits per heavy atom. The van der Waals surface area contributed by atoms with Gasteiger partial charge in [-0.15, -0.1) is 0 Å². The molecule has 4 rings (SSSR count). The lowest BCUT2D eigenvalue weighted by atomic mass is 9.43. The zero-order valence-corrected chi connectivity index (χ0v) is 22.7. The number of nitrogens with one attached hydrogen (secondary N) is 2. The molecule has 0 saturated heterocycles. The van der Waals surface area contributed by atoms with Gasteiger partial charge >= 0.3 is 0 Å². The molecular formula is C29H50N4O2. The first-order chi connectivity index (χ1) is 16.7. The Morgan fingerprint density at radius 3 is 2.51 bits per heavy atom. The average molecular weight is 487 g/mol. The third-order valence-corrected chi connectivity index (χ3v) is 11.5. The fraction of sp³-hybridized carbons (Fsp3) is 0.897. The normalized spacial score (nSPS) is 43.5. The van der Waals surface area contributed by atoms with Gasteiger partial charge < -0.3 is 11.1 Å². The van der Waals surface area contributed by atoms with Crippen LogP contribution < -0.4 is 16.4 Å². The lowest BCUT2D eigenvalue weighted by Gasteiger charge is -2.62. The van der Waals surface area contributed by atoms with E-state index < -0.39 is 0 Å². The number of fused-ring (bicyclic) bond motifs is 5. The number of allylic oxidation sites excluding steroid dienone is 1. The minimum Gasteiger partial charge on any atom is -0.318 e. The Balaban J connectivity index is 1.48.